The highest BCUT2D eigenvalue weighted by atomic mass is 79.9. The minimum Gasteiger partial charge on any atom is -0.240 e. The van der Waals surface area contributed by atoms with E-state index in [2.05, 4.69) is 15.9 Å². The normalized spacial score (nSPS) is 12.0. The Kier molecular flexibility index (Phi) is 3.42. The minimum absolute atomic E-state index is 0.292. The molecule has 1 heterocycles. The molecule has 0 amide bonds. The first-order valence-corrected chi connectivity index (χ1v) is 8.73. The van der Waals surface area contributed by atoms with E-state index in [0.29, 0.717) is 10.4 Å². The third-order valence-electron chi connectivity index (χ3n) is 3.52. The number of fused-ring (bicyclic) bond motifs is 1. The third-order valence-corrected chi connectivity index (χ3v) is 5.83. The summed E-state index contributed by atoms with van der Waals surface area (Å²) < 4.78 is 27.9. The Morgan fingerprint density at radius 1 is 1.00 bits per heavy atom. The number of benzene rings is 2. The van der Waals surface area contributed by atoms with Gasteiger partial charge in [0, 0.05) is 16.1 Å². The Morgan fingerprint density at radius 2 is 1.67 bits per heavy atom. The van der Waals surface area contributed by atoms with Crippen molar-refractivity contribution >= 4 is 36.9 Å². The number of rotatable bonds is 2. The van der Waals surface area contributed by atoms with Gasteiger partial charge in [0.1, 0.15) is 0 Å². The number of aryl methyl sites for hydroxylation is 2. The van der Waals surface area contributed by atoms with Gasteiger partial charge in [-0.25, -0.2) is 12.4 Å². The fraction of sp³-hybridized carbons (Fsp3) is 0.125. The van der Waals surface area contributed by atoms with Gasteiger partial charge in [-0.1, -0.05) is 35.9 Å². The monoisotopic (exact) mass is 363 g/mol. The molecule has 3 aromatic rings. The smallest absolute Gasteiger partial charge is 0.240 e. The first-order chi connectivity index (χ1) is 9.91. The molecule has 108 valence electrons. The molecule has 0 spiro atoms. The van der Waals surface area contributed by atoms with Gasteiger partial charge in [-0.2, -0.15) is 0 Å². The van der Waals surface area contributed by atoms with Crippen molar-refractivity contribution in [1.82, 2.24) is 3.97 Å². The van der Waals surface area contributed by atoms with Crippen LogP contribution in [0.2, 0.25) is 0 Å². The molecule has 0 radical (unpaired) electrons. The predicted octanol–water partition coefficient (Wildman–Crippen LogP) is 4.26. The van der Waals surface area contributed by atoms with Gasteiger partial charge in [0.25, 0.3) is 10.0 Å². The summed E-state index contributed by atoms with van der Waals surface area (Å²) in [6, 6.07) is 12.6. The first-order valence-electron chi connectivity index (χ1n) is 6.49. The molecule has 21 heavy (non-hydrogen) atoms. The Hall–Kier alpha value is -1.59. The van der Waals surface area contributed by atoms with E-state index in [-0.39, 0.29) is 0 Å². The summed E-state index contributed by atoms with van der Waals surface area (Å²) in [4.78, 5) is 0.292. The highest BCUT2D eigenvalue weighted by molar-refractivity contribution is 9.10. The van der Waals surface area contributed by atoms with Gasteiger partial charge in [0.05, 0.1) is 10.4 Å². The molecular weight excluding hydrogens is 350 g/mol. The van der Waals surface area contributed by atoms with E-state index in [0.717, 1.165) is 21.0 Å². The Morgan fingerprint density at radius 3 is 2.33 bits per heavy atom. The van der Waals surface area contributed by atoms with Crippen LogP contribution in [0.15, 0.2) is 58.0 Å². The third kappa shape index (κ3) is 2.30. The van der Waals surface area contributed by atoms with Gasteiger partial charge < -0.3 is 0 Å². The molecular formula is C16H14BrNO2S. The van der Waals surface area contributed by atoms with Gasteiger partial charge in [0.2, 0.25) is 0 Å². The summed E-state index contributed by atoms with van der Waals surface area (Å²) in [5.74, 6) is 0. The van der Waals surface area contributed by atoms with E-state index in [1.54, 1.807) is 30.5 Å². The molecule has 0 bridgehead atoms. The largest absolute Gasteiger partial charge is 0.268 e. The molecule has 3 nitrogen and oxygen atoms in total. The quantitative estimate of drug-likeness (QED) is 0.682. The van der Waals surface area contributed by atoms with Crippen molar-refractivity contribution in [3.8, 4) is 0 Å². The van der Waals surface area contributed by atoms with Crippen LogP contribution < -0.4 is 0 Å². The maximum Gasteiger partial charge on any atom is 0.268 e. The highest BCUT2D eigenvalue weighted by Gasteiger charge is 2.21. The summed E-state index contributed by atoms with van der Waals surface area (Å²) in [5.41, 5.74) is 2.67. The minimum atomic E-state index is -3.60. The van der Waals surface area contributed by atoms with E-state index in [9.17, 15) is 8.42 Å². The van der Waals surface area contributed by atoms with Gasteiger partial charge >= 0.3 is 0 Å². The van der Waals surface area contributed by atoms with Crippen molar-refractivity contribution < 1.29 is 8.42 Å². The maximum atomic E-state index is 12.9. The van der Waals surface area contributed by atoms with E-state index in [4.69, 9.17) is 0 Å². The molecule has 5 heteroatoms. The van der Waals surface area contributed by atoms with Crippen LogP contribution >= 0.6 is 15.9 Å². The molecule has 0 aliphatic rings. The van der Waals surface area contributed by atoms with Gasteiger partial charge in [-0.15, -0.1) is 0 Å². The van der Waals surface area contributed by atoms with Crippen LogP contribution in [-0.4, -0.2) is 12.4 Å². The van der Waals surface area contributed by atoms with Crippen molar-refractivity contribution in [2.45, 2.75) is 18.7 Å². The van der Waals surface area contributed by atoms with Crippen molar-refractivity contribution in [2.24, 2.45) is 0 Å². The zero-order valence-electron chi connectivity index (χ0n) is 11.7. The lowest BCUT2D eigenvalue weighted by atomic mass is 10.2. The van der Waals surface area contributed by atoms with E-state index in [1.165, 1.54) is 3.97 Å². The highest BCUT2D eigenvalue weighted by Crippen LogP contribution is 2.31. The number of para-hydroxylation sites is 1. The standard InChI is InChI=1S/C16H14BrNO2S/c1-11-6-8-13(9-7-11)21(19,20)18-10-15(17)14-5-3-4-12(2)16(14)18/h3-10H,1-2H3. The fourth-order valence-corrected chi connectivity index (χ4v) is 4.49. The lowest BCUT2D eigenvalue weighted by Gasteiger charge is -2.09. The van der Waals surface area contributed by atoms with E-state index in [1.807, 2.05) is 32.0 Å². The van der Waals surface area contributed by atoms with Crippen LogP contribution in [0.25, 0.3) is 10.9 Å². The fourth-order valence-electron chi connectivity index (χ4n) is 2.39. The van der Waals surface area contributed by atoms with Gasteiger partial charge in [0.15, 0.2) is 0 Å². The van der Waals surface area contributed by atoms with Crippen molar-refractivity contribution in [3.63, 3.8) is 0 Å². The second kappa shape index (κ2) is 5.00. The van der Waals surface area contributed by atoms with Crippen molar-refractivity contribution in [1.29, 1.82) is 0 Å². The summed E-state index contributed by atoms with van der Waals surface area (Å²) in [6.07, 6.45) is 1.62. The van der Waals surface area contributed by atoms with E-state index >= 15 is 0 Å². The maximum absolute atomic E-state index is 12.9. The molecule has 1 aromatic heterocycles. The molecule has 0 saturated heterocycles. The lowest BCUT2D eigenvalue weighted by molar-refractivity contribution is 0.589. The molecule has 3 rings (SSSR count). The van der Waals surface area contributed by atoms with Crippen LogP contribution in [-0.2, 0) is 10.0 Å². The summed E-state index contributed by atoms with van der Waals surface area (Å²) in [5, 5.41) is 0.894. The van der Waals surface area contributed by atoms with Crippen LogP contribution in [0.4, 0.5) is 0 Å². The SMILES string of the molecule is Cc1ccc(S(=O)(=O)n2cc(Br)c3cccc(C)c32)cc1. The van der Waals surface area contributed by atoms with Crippen LogP contribution in [0.1, 0.15) is 11.1 Å². The van der Waals surface area contributed by atoms with Crippen molar-refractivity contribution in [2.75, 3.05) is 0 Å². The van der Waals surface area contributed by atoms with Crippen LogP contribution in [0.3, 0.4) is 0 Å². The Bertz CT molecular complexity index is 925. The lowest BCUT2D eigenvalue weighted by Crippen LogP contribution is -2.12. The number of hydrogen-bond donors (Lipinski definition) is 0. The summed E-state index contributed by atoms with van der Waals surface area (Å²) in [7, 11) is -3.60. The molecule has 0 saturated carbocycles. The van der Waals surface area contributed by atoms with Gasteiger partial charge in [-0.3, -0.25) is 0 Å². The second-order valence-electron chi connectivity index (χ2n) is 5.06. The predicted molar refractivity (Wildman–Crippen MR) is 88.1 cm³/mol. The molecule has 2 aromatic carbocycles. The number of aromatic nitrogens is 1. The molecule has 0 fully saturated rings. The topological polar surface area (TPSA) is 39.1 Å². The molecule has 0 unspecified atom stereocenters. The van der Waals surface area contributed by atoms with E-state index < -0.39 is 10.0 Å². The Labute approximate surface area is 132 Å². The Balaban J connectivity index is 2.32. The zero-order chi connectivity index (χ0) is 15.2. The molecule has 0 aliphatic heterocycles. The zero-order valence-corrected chi connectivity index (χ0v) is 14.1. The number of halogens is 1. The van der Waals surface area contributed by atoms with Crippen LogP contribution in [0.5, 0.6) is 0 Å². The number of nitrogens with zero attached hydrogens (tertiary/aromatic N) is 1. The van der Waals surface area contributed by atoms with Crippen molar-refractivity contribution in [3.05, 3.63) is 64.3 Å². The first kappa shape index (κ1) is 14.4. The van der Waals surface area contributed by atoms with Gasteiger partial charge in [-0.05, 0) is 47.5 Å². The second-order valence-corrected chi connectivity index (χ2v) is 7.73. The summed E-state index contributed by atoms with van der Waals surface area (Å²) >= 11 is 3.44. The average Bonchev–Trinajstić information content (AvgIpc) is 2.79. The van der Waals surface area contributed by atoms with Crippen LogP contribution in [0, 0.1) is 13.8 Å². The molecule has 0 atom stereocenters. The summed E-state index contributed by atoms with van der Waals surface area (Å²) in [6.45, 7) is 3.85. The molecule has 0 N–H and O–H groups in total. The molecule has 0 aliphatic carbocycles. The average molecular weight is 364 g/mol. The number of hydrogen-bond acceptors (Lipinski definition) is 2.